The molecule has 2 amide bonds. The Bertz CT molecular complexity index is 757. The van der Waals surface area contributed by atoms with Crippen LogP contribution in [0.25, 0.3) is 11.4 Å². The first-order valence-corrected chi connectivity index (χ1v) is 7.48. The van der Waals surface area contributed by atoms with E-state index in [1.807, 2.05) is 0 Å². The van der Waals surface area contributed by atoms with E-state index in [0.717, 1.165) is 5.56 Å². The zero-order valence-corrected chi connectivity index (χ0v) is 13.5. The predicted octanol–water partition coefficient (Wildman–Crippen LogP) is 2.22. The molecule has 2 aromatic rings. The fraction of sp³-hybridized carbons (Fsp3) is 0.235. The molecule has 2 N–H and O–H groups in total. The fourth-order valence-corrected chi connectivity index (χ4v) is 1.76. The zero-order chi connectivity index (χ0) is 17.5. The Morgan fingerprint density at radius 1 is 0.958 bits per heavy atom. The molecule has 0 saturated heterocycles. The molecule has 0 saturated carbocycles. The average molecular weight is 323 g/mol. The Morgan fingerprint density at radius 3 is 1.88 bits per heavy atom. The second kappa shape index (κ2) is 7.83. The molecule has 0 atom stereocenters. The summed E-state index contributed by atoms with van der Waals surface area (Å²) in [5.41, 5.74) is 1.42. The van der Waals surface area contributed by atoms with Crippen LogP contribution in [0.15, 0.2) is 24.3 Å². The summed E-state index contributed by atoms with van der Waals surface area (Å²) in [4.78, 5) is 35.7. The molecule has 7 heteroatoms. The van der Waals surface area contributed by atoms with E-state index in [9.17, 15) is 9.59 Å². The summed E-state index contributed by atoms with van der Waals surface area (Å²) in [6.45, 7) is 3.44. The SMILES string of the molecule is C#Cc1ccc(-c2nc(NC(=O)CC)nc(NC(=O)CC)n2)cc1. The fourth-order valence-electron chi connectivity index (χ4n) is 1.76. The minimum atomic E-state index is -0.234. The van der Waals surface area contributed by atoms with E-state index < -0.39 is 0 Å². The highest BCUT2D eigenvalue weighted by Crippen LogP contribution is 2.18. The third-order valence-electron chi connectivity index (χ3n) is 3.09. The van der Waals surface area contributed by atoms with E-state index in [1.54, 1.807) is 38.1 Å². The van der Waals surface area contributed by atoms with E-state index in [4.69, 9.17) is 6.42 Å². The van der Waals surface area contributed by atoms with Gasteiger partial charge in [-0.05, 0) is 24.3 Å². The molecule has 0 aliphatic carbocycles. The summed E-state index contributed by atoms with van der Waals surface area (Å²) in [5.74, 6) is 2.55. The van der Waals surface area contributed by atoms with Crippen LogP contribution in [-0.2, 0) is 9.59 Å². The second-order valence-electron chi connectivity index (χ2n) is 4.83. The maximum Gasteiger partial charge on any atom is 0.234 e. The molecule has 0 radical (unpaired) electrons. The van der Waals surface area contributed by atoms with Crippen LogP contribution in [-0.4, -0.2) is 26.8 Å². The van der Waals surface area contributed by atoms with E-state index in [2.05, 4.69) is 31.5 Å². The number of nitrogens with one attached hydrogen (secondary N) is 2. The smallest absolute Gasteiger partial charge is 0.234 e. The van der Waals surface area contributed by atoms with Crippen molar-refractivity contribution in [2.24, 2.45) is 0 Å². The largest absolute Gasteiger partial charge is 0.294 e. The number of carbonyl (C=O) groups is 2. The molecule has 1 aromatic carbocycles. The lowest BCUT2D eigenvalue weighted by atomic mass is 10.1. The molecular weight excluding hydrogens is 306 g/mol. The highest BCUT2D eigenvalue weighted by Gasteiger charge is 2.12. The van der Waals surface area contributed by atoms with Crippen molar-refractivity contribution in [3.8, 4) is 23.7 Å². The molecule has 7 nitrogen and oxygen atoms in total. The van der Waals surface area contributed by atoms with Crippen molar-refractivity contribution >= 4 is 23.7 Å². The summed E-state index contributed by atoms with van der Waals surface area (Å²) in [5, 5.41) is 5.14. The summed E-state index contributed by atoms with van der Waals surface area (Å²) in [6, 6.07) is 7.05. The Hall–Kier alpha value is -3.27. The van der Waals surface area contributed by atoms with Gasteiger partial charge in [-0.3, -0.25) is 20.2 Å². The Labute approximate surface area is 139 Å². The Balaban J connectivity index is 2.42. The van der Waals surface area contributed by atoms with Crippen LogP contribution in [0.2, 0.25) is 0 Å². The van der Waals surface area contributed by atoms with Gasteiger partial charge in [0.2, 0.25) is 23.7 Å². The van der Waals surface area contributed by atoms with E-state index in [1.165, 1.54) is 0 Å². The van der Waals surface area contributed by atoms with Gasteiger partial charge in [-0.2, -0.15) is 15.0 Å². The van der Waals surface area contributed by atoms with E-state index in [-0.39, 0.29) is 36.6 Å². The van der Waals surface area contributed by atoms with Crippen molar-refractivity contribution in [3.63, 3.8) is 0 Å². The molecule has 0 bridgehead atoms. The lowest BCUT2D eigenvalue weighted by molar-refractivity contribution is -0.116. The maximum absolute atomic E-state index is 11.6. The van der Waals surface area contributed by atoms with Gasteiger partial charge in [0, 0.05) is 24.0 Å². The number of hydrogen-bond acceptors (Lipinski definition) is 5. The molecule has 0 spiro atoms. The number of amides is 2. The Morgan fingerprint density at radius 2 is 1.46 bits per heavy atom. The van der Waals surface area contributed by atoms with Gasteiger partial charge in [0.1, 0.15) is 0 Å². The van der Waals surface area contributed by atoms with Crippen LogP contribution in [0, 0.1) is 12.3 Å². The van der Waals surface area contributed by atoms with E-state index in [0.29, 0.717) is 11.4 Å². The lowest BCUT2D eigenvalue weighted by Crippen LogP contribution is -2.17. The first-order chi connectivity index (χ1) is 11.5. The number of benzene rings is 1. The summed E-state index contributed by atoms with van der Waals surface area (Å²) in [7, 11) is 0. The van der Waals surface area contributed by atoms with E-state index >= 15 is 0 Å². The quantitative estimate of drug-likeness (QED) is 0.822. The molecule has 0 aliphatic rings. The van der Waals surface area contributed by atoms with Crippen LogP contribution < -0.4 is 10.6 Å². The van der Waals surface area contributed by atoms with Crippen molar-refractivity contribution in [1.82, 2.24) is 15.0 Å². The second-order valence-corrected chi connectivity index (χ2v) is 4.83. The number of anilines is 2. The van der Waals surface area contributed by atoms with Crippen LogP contribution in [0.3, 0.4) is 0 Å². The van der Waals surface area contributed by atoms with Gasteiger partial charge in [0.25, 0.3) is 0 Å². The molecule has 0 unspecified atom stereocenters. The molecule has 1 aromatic heterocycles. The van der Waals surface area contributed by atoms with Gasteiger partial charge in [0.15, 0.2) is 5.82 Å². The summed E-state index contributed by atoms with van der Waals surface area (Å²) in [6.07, 6.45) is 5.91. The number of aromatic nitrogens is 3. The first-order valence-electron chi connectivity index (χ1n) is 7.48. The minimum absolute atomic E-state index is 0.0827. The number of carbonyl (C=O) groups excluding carboxylic acids is 2. The molecule has 1 heterocycles. The van der Waals surface area contributed by atoms with Crippen molar-refractivity contribution in [2.45, 2.75) is 26.7 Å². The van der Waals surface area contributed by atoms with Gasteiger partial charge in [-0.25, -0.2) is 0 Å². The molecule has 0 fully saturated rings. The number of nitrogens with zero attached hydrogens (tertiary/aromatic N) is 3. The summed E-state index contributed by atoms with van der Waals surface area (Å²) < 4.78 is 0. The number of terminal acetylenes is 1. The standard InChI is InChI=1S/C17H17N5O2/c1-4-11-7-9-12(10-8-11)15-20-16(18-13(23)5-2)22-17(21-15)19-14(24)6-3/h1,7-10H,5-6H2,2-3H3,(H2,18,19,20,21,22,23,24). The van der Waals surface area contributed by atoms with Gasteiger partial charge < -0.3 is 0 Å². The molecule has 122 valence electrons. The number of rotatable bonds is 5. The third-order valence-corrected chi connectivity index (χ3v) is 3.09. The average Bonchev–Trinajstić information content (AvgIpc) is 2.61. The van der Waals surface area contributed by atoms with Gasteiger partial charge in [-0.1, -0.05) is 19.8 Å². The zero-order valence-electron chi connectivity index (χ0n) is 13.5. The third kappa shape index (κ3) is 4.36. The highest BCUT2D eigenvalue weighted by atomic mass is 16.2. The van der Waals surface area contributed by atoms with Crippen molar-refractivity contribution in [1.29, 1.82) is 0 Å². The molecular formula is C17H17N5O2. The van der Waals surface area contributed by atoms with Crippen molar-refractivity contribution < 1.29 is 9.59 Å². The topological polar surface area (TPSA) is 96.9 Å². The van der Waals surface area contributed by atoms with Crippen molar-refractivity contribution in [3.05, 3.63) is 29.8 Å². The van der Waals surface area contributed by atoms with Crippen LogP contribution in [0.1, 0.15) is 32.3 Å². The van der Waals surface area contributed by atoms with Gasteiger partial charge in [0.05, 0.1) is 0 Å². The number of hydrogen-bond donors (Lipinski definition) is 2. The normalized spacial score (nSPS) is 9.88. The van der Waals surface area contributed by atoms with Crippen LogP contribution in [0.4, 0.5) is 11.9 Å². The minimum Gasteiger partial charge on any atom is -0.294 e. The summed E-state index contributed by atoms with van der Waals surface area (Å²) >= 11 is 0. The highest BCUT2D eigenvalue weighted by molar-refractivity contribution is 5.90. The van der Waals surface area contributed by atoms with Crippen molar-refractivity contribution in [2.75, 3.05) is 10.6 Å². The maximum atomic E-state index is 11.6. The molecule has 24 heavy (non-hydrogen) atoms. The van der Waals surface area contributed by atoms with Crippen LogP contribution in [0.5, 0.6) is 0 Å². The van der Waals surface area contributed by atoms with Gasteiger partial charge in [-0.15, -0.1) is 6.42 Å². The predicted molar refractivity (Wildman–Crippen MR) is 91.0 cm³/mol. The van der Waals surface area contributed by atoms with Crippen LogP contribution >= 0.6 is 0 Å². The monoisotopic (exact) mass is 323 g/mol. The molecule has 2 rings (SSSR count). The lowest BCUT2D eigenvalue weighted by Gasteiger charge is -2.08. The first kappa shape index (κ1) is 17.1. The van der Waals surface area contributed by atoms with Gasteiger partial charge >= 0.3 is 0 Å². The Kier molecular flexibility index (Phi) is 5.58. The molecule has 0 aliphatic heterocycles.